The van der Waals surface area contributed by atoms with E-state index in [1.165, 1.54) is 0 Å². The van der Waals surface area contributed by atoms with Crippen LogP contribution in [0.15, 0.2) is 35.2 Å². The summed E-state index contributed by atoms with van der Waals surface area (Å²) in [5.74, 6) is -4.57. The summed E-state index contributed by atoms with van der Waals surface area (Å²) in [5.41, 5.74) is -0.342. The second kappa shape index (κ2) is 10.3. The maximum Gasteiger partial charge on any atom is 0.267 e. The van der Waals surface area contributed by atoms with Gasteiger partial charge in [0.1, 0.15) is 0 Å². The van der Waals surface area contributed by atoms with E-state index in [9.17, 15) is 38.7 Å². The number of hydrogen-bond acceptors (Lipinski definition) is 8. The van der Waals surface area contributed by atoms with Crippen LogP contribution in [0.3, 0.4) is 0 Å². The van der Waals surface area contributed by atoms with Crippen LogP contribution in [0.1, 0.15) is 55.8 Å². The monoisotopic (exact) mass is 453 g/mol. The molecule has 0 saturated heterocycles. The van der Waals surface area contributed by atoms with Crippen molar-refractivity contribution in [3.63, 3.8) is 0 Å². The fraction of sp³-hybridized carbons (Fsp3) is 0.381. The summed E-state index contributed by atoms with van der Waals surface area (Å²) < 4.78 is 26.9. The summed E-state index contributed by atoms with van der Waals surface area (Å²) in [6.45, 7) is 1.90. The first-order valence-electron chi connectivity index (χ1n) is 9.93. The number of carbonyl (C=O) groups excluding carboxylic acids is 1. The summed E-state index contributed by atoms with van der Waals surface area (Å²) in [7, 11) is -4.43. The van der Waals surface area contributed by atoms with E-state index in [0.717, 1.165) is 56.0 Å². The van der Waals surface area contributed by atoms with Crippen LogP contribution in [0, 0.1) is 0 Å². The SMILES string of the molecule is CCCCCCCCN(C(=O)c1cc(O)c(O)c(O)c1)S(=O)(=O)c1ccc(O)c(O)c1. The van der Waals surface area contributed by atoms with Crippen LogP contribution in [-0.2, 0) is 10.0 Å². The van der Waals surface area contributed by atoms with Crippen molar-refractivity contribution < 1.29 is 38.7 Å². The zero-order valence-electron chi connectivity index (χ0n) is 17.2. The lowest BCUT2D eigenvalue weighted by Crippen LogP contribution is -2.37. The maximum absolute atomic E-state index is 13.2. The van der Waals surface area contributed by atoms with Crippen molar-refractivity contribution in [3.8, 4) is 28.7 Å². The Morgan fingerprint density at radius 3 is 1.97 bits per heavy atom. The van der Waals surface area contributed by atoms with Gasteiger partial charge in [0.15, 0.2) is 28.7 Å². The Hall–Kier alpha value is -3.14. The Labute approximate surface area is 180 Å². The summed E-state index contributed by atoms with van der Waals surface area (Å²) in [5, 5.41) is 48.1. The van der Waals surface area contributed by atoms with Crippen molar-refractivity contribution >= 4 is 15.9 Å². The summed E-state index contributed by atoms with van der Waals surface area (Å²) in [6, 6.07) is 4.59. The molecule has 9 nitrogen and oxygen atoms in total. The number of amides is 1. The number of aromatic hydroxyl groups is 5. The highest BCUT2D eigenvalue weighted by Gasteiger charge is 2.31. The molecule has 0 aliphatic carbocycles. The number of sulfonamides is 1. The second-order valence-corrected chi connectivity index (χ2v) is 9.03. The number of phenols is 5. The van der Waals surface area contributed by atoms with Crippen LogP contribution in [-0.4, -0.2) is 50.7 Å². The van der Waals surface area contributed by atoms with Crippen molar-refractivity contribution in [1.29, 1.82) is 0 Å². The number of carbonyl (C=O) groups is 1. The largest absolute Gasteiger partial charge is 0.504 e. The van der Waals surface area contributed by atoms with Crippen molar-refractivity contribution in [3.05, 3.63) is 35.9 Å². The van der Waals surface area contributed by atoms with Gasteiger partial charge in [-0.25, -0.2) is 12.7 Å². The van der Waals surface area contributed by atoms with Gasteiger partial charge in [-0.05, 0) is 30.7 Å². The van der Waals surface area contributed by atoms with Gasteiger partial charge in [0.05, 0.1) is 4.90 Å². The van der Waals surface area contributed by atoms with E-state index >= 15 is 0 Å². The highest BCUT2D eigenvalue weighted by atomic mass is 32.2. The van der Waals surface area contributed by atoms with Crippen LogP contribution in [0.5, 0.6) is 28.7 Å². The van der Waals surface area contributed by atoms with Crippen molar-refractivity contribution in [2.45, 2.75) is 50.3 Å². The quantitative estimate of drug-likeness (QED) is 0.271. The molecule has 0 atom stereocenters. The normalized spacial score (nSPS) is 11.4. The van der Waals surface area contributed by atoms with Crippen LogP contribution in [0.25, 0.3) is 0 Å². The molecule has 0 aliphatic heterocycles. The highest BCUT2D eigenvalue weighted by Crippen LogP contribution is 2.36. The second-order valence-electron chi connectivity index (χ2n) is 7.16. The lowest BCUT2D eigenvalue weighted by Gasteiger charge is -2.23. The topological polar surface area (TPSA) is 156 Å². The predicted octanol–water partition coefficient (Wildman–Crippen LogP) is 3.41. The Kier molecular flexibility index (Phi) is 7.98. The van der Waals surface area contributed by atoms with E-state index in [0.29, 0.717) is 17.1 Å². The molecule has 1 amide bonds. The maximum atomic E-state index is 13.2. The molecule has 0 aliphatic rings. The molecule has 2 aromatic rings. The van der Waals surface area contributed by atoms with E-state index < -0.39 is 49.6 Å². The molecule has 10 heteroatoms. The third-order valence-corrected chi connectivity index (χ3v) is 6.57. The third kappa shape index (κ3) is 5.72. The molecule has 0 heterocycles. The zero-order chi connectivity index (χ0) is 23.2. The first-order chi connectivity index (χ1) is 14.6. The number of phenolic OH excluding ortho intramolecular Hbond substituents is 5. The van der Waals surface area contributed by atoms with Crippen LogP contribution >= 0.6 is 0 Å². The smallest absolute Gasteiger partial charge is 0.267 e. The van der Waals surface area contributed by atoms with Gasteiger partial charge < -0.3 is 25.5 Å². The van der Waals surface area contributed by atoms with Crippen molar-refractivity contribution in [1.82, 2.24) is 4.31 Å². The van der Waals surface area contributed by atoms with E-state index in [1.54, 1.807) is 0 Å². The molecule has 2 aromatic carbocycles. The average Bonchev–Trinajstić information content (AvgIpc) is 2.72. The van der Waals surface area contributed by atoms with Gasteiger partial charge in [-0.1, -0.05) is 39.0 Å². The Bertz CT molecular complexity index is 1010. The van der Waals surface area contributed by atoms with E-state index in [2.05, 4.69) is 6.92 Å². The first-order valence-corrected chi connectivity index (χ1v) is 11.4. The fourth-order valence-electron chi connectivity index (χ4n) is 3.03. The van der Waals surface area contributed by atoms with Crippen LogP contribution < -0.4 is 0 Å². The standard InChI is InChI=1S/C21H27NO8S/c1-2-3-4-5-6-7-10-22(21(28)14-11-18(25)20(27)19(26)12-14)31(29,30)15-8-9-16(23)17(24)13-15/h8-9,11-13,23-27H,2-7,10H2,1H3. The van der Waals surface area contributed by atoms with Crippen molar-refractivity contribution in [2.75, 3.05) is 6.54 Å². The molecule has 5 N–H and O–H groups in total. The Morgan fingerprint density at radius 2 is 1.39 bits per heavy atom. The van der Waals surface area contributed by atoms with Crippen LogP contribution in [0.4, 0.5) is 0 Å². The van der Waals surface area contributed by atoms with Crippen LogP contribution in [0.2, 0.25) is 0 Å². The van der Waals surface area contributed by atoms with E-state index in [-0.39, 0.29) is 12.1 Å². The number of rotatable bonds is 10. The van der Waals surface area contributed by atoms with Gasteiger partial charge in [0.25, 0.3) is 15.9 Å². The number of nitrogens with zero attached hydrogens (tertiary/aromatic N) is 1. The zero-order valence-corrected chi connectivity index (χ0v) is 18.0. The molecule has 0 fully saturated rings. The lowest BCUT2D eigenvalue weighted by atomic mass is 10.1. The van der Waals surface area contributed by atoms with Gasteiger partial charge in [0.2, 0.25) is 0 Å². The molecule has 170 valence electrons. The predicted molar refractivity (Wildman–Crippen MR) is 113 cm³/mol. The lowest BCUT2D eigenvalue weighted by molar-refractivity contribution is 0.0858. The minimum atomic E-state index is -4.43. The minimum absolute atomic E-state index is 0.169. The number of benzene rings is 2. The third-order valence-electron chi connectivity index (χ3n) is 4.79. The van der Waals surface area contributed by atoms with Gasteiger partial charge in [-0.2, -0.15) is 0 Å². The molecule has 0 bridgehead atoms. The minimum Gasteiger partial charge on any atom is -0.504 e. The molecule has 0 saturated carbocycles. The molecular formula is C21H27NO8S. The Morgan fingerprint density at radius 1 is 0.806 bits per heavy atom. The molecule has 0 unspecified atom stereocenters. The molecule has 0 radical (unpaired) electrons. The molecular weight excluding hydrogens is 426 g/mol. The molecule has 0 aromatic heterocycles. The summed E-state index contributed by atoms with van der Waals surface area (Å²) in [4.78, 5) is 12.6. The van der Waals surface area contributed by atoms with Gasteiger partial charge >= 0.3 is 0 Å². The van der Waals surface area contributed by atoms with Gasteiger partial charge in [-0.15, -0.1) is 0 Å². The Balaban J connectivity index is 2.37. The fourth-order valence-corrected chi connectivity index (χ4v) is 4.48. The van der Waals surface area contributed by atoms with Gasteiger partial charge in [0, 0.05) is 18.2 Å². The van der Waals surface area contributed by atoms with E-state index in [1.807, 2.05) is 0 Å². The van der Waals surface area contributed by atoms with Crippen molar-refractivity contribution in [2.24, 2.45) is 0 Å². The number of hydrogen-bond donors (Lipinski definition) is 5. The van der Waals surface area contributed by atoms with E-state index in [4.69, 9.17) is 0 Å². The summed E-state index contributed by atoms with van der Waals surface area (Å²) in [6.07, 6.45) is 5.04. The highest BCUT2D eigenvalue weighted by molar-refractivity contribution is 7.89. The molecule has 0 spiro atoms. The molecule has 2 rings (SSSR count). The average molecular weight is 454 g/mol. The van der Waals surface area contributed by atoms with Gasteiger partial charge in [-0.3, -0.25) is 4.79 Å². The summed E-state index contributed by atoms with van der Waals surface area (Å²) >= 11 is 0. The first kappa shape index (κ1) is 24.1. The number of unbranched alkanes of at least 4 members (excludes halogenated alkanes) is 5. The molecule has 31 heavy (non-hydrogen) atoms.